The number of aromatic nitrogens is 2. The van der Waals surface area contributed by atoms with Gasteiger partial charge in [0.2, 0.25) is 10.0 Å². The molecule has 186 valence electrons. The number of fused-ring (bicyclic) bond motifs is 1. The predicted octanol–water partition coefficient (Wildman–Crippen LogP) is 3.10. The van der Waals surface area contributed by atoms with Gasteiger partial charge in [0.05, 0.1) is 18.4 Å². The Bertz CT molecular complexity index is 1320. The molecule has 2 aliphatic heterocycles. The second kappa shape index (κ2) is 9.23. The summed E-state index contributed by atoms with van der Waals surface area (Å²) in [6.45, 7) is 3.47. The lowest BCUT2D eigenvalue weighted by molar-refractivity contribution is 0.0985. The fourth-order valence-electron chi connectivity index (χ4n) is 5.28. The molecule has 35 heavy (non-hydrogen) atoms. The van der Waals surface area contributed by atoms with E-state index >= 15 is 4.39 Å². The number of amides is 1. The number of nitrogens with two attached hydrogens (primary N) is 1. The highest BCUT2D eigenvalue weighted by molar-refractivity contribution is 7.90. The number of anilines is 1. The van der Waals surface area contributed by atoms with Crippen molar-refractivity contribution in [3.63, 3.8) is 0 Å². The summed E-state index contributed by atoms with van der Waals surface area (Å²) in [5, 5.41) is -0.568. The number of hydrogen-bond donors (Lipinski definition) is 1. The van der Waals surface area contributed by atoms with E-state index < -0.39 is 27.0 Å². The number of carbonyl (C=O) groups is 1. The summed E-state index contributed by atoms with van der Waals surface area (Å²) >= 11 is 0. The fraction of sp³-hybridized carbons (Fsp3) is 0.440. The lowest BCUT2D eigenvalue weighted by Crippen LogP contribution is -2.48. The Balaban J connectivity index is 1.34. The number of hydrogen-bond acceptors (Lipinski definition) is 5. The van der Waals surface area contributed by atoms with Crippen LogP contribution in [0, 0.1) is 5.82 Å². The van der Waals surface area contributed by atoms with Crippen LogP contribution in [0.25, 0.3) is 0 Å². The Hall–Kier alpha value is -2.98. The molecule has 0 spiro atoms. The topological polar surface area (TPSA) is 102 Å². The van der Waals surface area contributed by atoms with Crippen molar-refractivity contribution in [1.29, 1.82) is 0 Å². The van der Waals surface area contributed by atoms with Gasteiger partial charge < -0.3 is 15.2 Å². The Kier molecular flexibility index (Phi) is 6.27. The van der Waals surface area contributed by atoms with Gasteiger partial charge in [-0.05, 0) is 50.3 Å². The second-order valence-electron chi connectivity index (χ2n) is 9.48. The summed E-state index contributed by atoms with van der Waals surface area (Å²) in [7, 11) is -3.61. The molecule has 2 aromatic rings. The zero-order chi connectivity index (χ0) is 24.7. The SMILES string of the molecule is C[C@H]1CCC(C2=CCCC=C2)S(=O)(=O)N1Cc1ccc(N2CCn3c(cnc3C(N)=O)C2)cc1F. The summed E-state index contributed by atoms with van der Waals surface area (Å²) in [5.74, 6) is -0.767. The van der Waals surface area contributed by atoms with Crippen molar-refractivity contribution in [2.45, 2.75) is 63.5 Å². The molecule has 1 aliphatic carbocycles. The van der Waals surface area contributed by atoms with Crippen LogP contribution in [0.2, 0.25) is 0 Å². The highest BCUT2D eigenvalue weighted by atomic mass is 32.2. The van der Waals surface area contributed by atoms with Crippen LogP contribution in [0.3, 0.4) is 0 Å². The first-order valence-corrected chi connectivity index (χ1v) is 13.5. The predicted molar refractivity (Wildman–Crippen MR) is 132 cm³/mol. The lowest BCUT2D eigenvalue weighted by atomic mass is 9.99. The van der Waals surface area contributed by atoms with Crippen molar-refractivity contribution in [2.75, 3.05) is 11.4 Å². The summed E-state index contributed by atoms with van der Waals surface area (Å²) in [4.78, 5) is 17.6. The Labute approximate surface area is 205 Å². The molecule has 0 bridgehead atoms. The van der Waals surface area contributed by atoms with E-state index in [1.165, 1.54) is 10.4 Å². The number of halogens is 1. The van der Waals surface area contributed by atoms with Gasteiger partial charge in [0.1, 0.15) is 11.1 Å². The maximum atomic E-state index is 15.2. The average molecular weight is 500 g/mol. The van der Waals surface area contributed by atoms with Gasteiger partial charge in [0, 0.05) is 36.9 Å². The number of benzene rings is 1. The third kappa shape index (κ3) is 4.40. The number of carbonyl (C=O) groups excluding carboxylic acids is 1. The molecule has 1 fully saturated rings. The monoisotopic (exact) mass is 499 g/mol. The van der Waals surface area contributed by atoms with Crippen LogP contribution in [0.1, 0.15) is 54.5 Å². The van der Waals surface area contributed by atoms with E-state index in [2.05, 4.69) is 4.98 Å². The molecule has 1 saturated heterocycles. The first-order valence-electron chi connectivity index (χ1n) is 12.0. The molecule has 1 amide bonds. The van der Waals surface area contributed by atoms with E-state index in [1.807, 2.05) is 36.1 Å². The van der Waals surface area contributed by atoms with Crippen LogP contribution >= 0.6 is 0 Å². The molecule has 1 aromatic heterocycles. The molecular formula is C25H30FN5O3S. The number of allylic oxidation sites excluding steroid dienone is 3. The van der Waals surface area contributed by atoms with Crippen LogP contribution in [0.15, 0.2) is 48.2 Å². The van der Waals surface area contributed by atoms with Crippen LogP contribution < -0.4 is 10.6 Å². The van der Waals surface area contributed by atoms with Crippen molar-refractivity contribution in [3.8, 4) is 0 Å². The largest absolute Gasteiger partial charge is 0.364 e. The summed E-state index contributed by atoms with van der Waals surface area (Å²) < 4.78 is 45.5. The molecule has 0 radical (unpaired) electrons. The van der Waals surface area contributed by atoms with Crippen molar-refractivity contribution in [2.24, 2.45) is 5.73 Å². The third-order valence-corrected chi connectivity index (χ3v) is 9.62. The van der Waals surface area contributed by atoms with E-state index in [9.17, 15) is 13.2 Å². The van der Waals surface area contributed by atoms with Gasteiger partial charge in [-0.25, -0.2) is 17.8 Å². The normalized spacial score (nSPS) is 24.2. The van der Waals surface area contributed by atoms with Crippen molar-refractivity contribution < 1.29 is 17.6 Å². The van der Waals surface area contributed by atoms with Gasteiger partial charge >= 0.3 is 0 Å². The van der Waals surface area contributed by atoms with Crippen molar-refractivity contribution in [1.82, 2.24) is 13.9 Å². The third-order valence-electron chi connectivity index (χ3n) is 7.25. The van der Waals surface area contributed by atoms with Gasteiger partial charge in [-0.1, -0.05) is 24.3 Å². The van der Waals surface area contributed by atoms with E-state index in [-0.39, 0.29) is 18.4 Å². The highest BCUT2D eigenvalue weighted by Crippen LogP contribution is 2.34. The summed E-state index contributed by atoms with van der Waals surface area (Å²) in [6, 6.07) is 4.77. The minimum Gasteiger partial charge on any atom is -0.364 e. The fourth-order valence-corrected chi connectivity index (χ4v) is 7.49. The number of primary amides is 1. The van der Waals surface area contributed by atoms with Gasteiger partial charge in [-0.2, -0.15) is 4.31 Å². The average Bonchev–Trinajstić information content (AvgIpc) is 3.26. The minimum atomic E-state index is -3.61. The number of rotatable bonds is 5. The minimum absolute atomic E-state index is 0.0118. The van der Waals surface area contributed by atoms with Crippen molar-refractivity contribution in [3.05, 3.63) is 71.1 Å². The van der Waals surface area contributed by atoms with Gasteiger partial charge in [-0.15, -0.1) is 0 Å². The maximum Gasteiger partial charge on any atom is 0.284 e. The Morgan fingerprint density at radius 1 is 1.23 bits per heavy atom. The zero-order valence-electron chi connectivity index (χ0n) is 19.7. The van der Waals surface area contributed by atoms with Gasteiger partial charge in [-0.3, -0.25) is 4.79 Å². The van der Waals surface area contributed by atoms with Crippen LogP contribution in [0.4, 0.5) is 10.1 Å². The molecule has 0 saturated carbocycles. The highest BCUT2D eigenvalue weighted by Gasteiger charge is 2.41. The smallest absolute Gasteiger partial charge is 0.284 e. The second-order valence-corrected chi connectivity index (χ2v) is 11.5. The van der Waals surface area contributed by atoms with Crippen LogP contribution in [-0.2, 0) is 29.7 Å². The van der Waals surface area contributed by atoms with Crippen LogP contribution in [0.5, 0.6) is 0 Å². The van der Waals surface area contributed by atoms with Gasteiger partial charge in [0.15, 0.2) is 5.82 Å². The number of nitrogens with zero attached hydrogens (tertiary/aromatic N) is 4. The van der Waals surface area contributed by atoms with Crippen molar-refractivity contribution >= 4 is 21.6 Å². The standard InChI is InChI=1S/C25H30FN5O3S/c1-17-7-10-23(18-5-3-2-4-6-18)35(33,34)31(17)15-19-8-9-20(13-22(19)26)29-11-12-30-21(16-29)14-28-25(30)24(27)32/h3,5-6,8-9,13-14,17,23H,2,4,7,10-12,15-16H2,1H3,(H2,27,32)/t17-,23?/m0/s1. The first kappa shape index (κ1) is 23.7. The van der Waals surface area contributed by atoms with Gasteiger partial charge in [0.25, 0.3) is 5.91 Å². The molecule has 3 heterocycles. The zero-order valence-corrected chi connectivity index (χ0v) is 20.5. The molecule has 2 atom stereocenters. The van der Waals surface area contributed by atoms with E-state index in [1.54, 1.807) is 16.8 Å². The Morgan fingerprint density at radius 3 is 2.77 bits per heavy atom. The molecule has 10 heteroatoms. The van der Waals surface area contributed by atoms with E-state index in [0.29, 0.717) is 37.3 Å². The molecule has 8 nitrogen and oxygen atoms in total. The molecule has 5 rings (SSSR count). The Morgan fingerprint density at radius 2 is 2.06 bits per heavy atom. The molecular weight excluding hydrogens is 469 g/mol. The molecule has 2 N–H and O–H groups in total. The first-order chi connectivity index (χ1) is 16.8. The summed E-state index contributed by atoms with van der Waals surface area (Å²) in [5.41, 5.74) is 8.13. The van der Waals surface area contributed by atoms with E-state index in [0.717, 1.165) is 30.5 Å². The maximum absolute atomic E-state index is 15.2. The molecule has 3 aliphatic rings. The van der Waals surface area contributed by atoms with Crippen LogP contribution in [-0.4, -0.2) is 46.0 Å². The molecule has 1 aromatic carbocycles. The number of imidazole rings is 1. The quantitative estimate of drug-likeness (QED) is 0.681. The molecule has 1 unspecified atom stereocenters. The van der Waals surface area contributed by atoms with E-state index in [4.69, 9.17) is 5.73 Å². The lowest BCUT2D eigenvalue weighted by Gasteiger charge is -2.38. The number of sulfonamides is 1. The summed E-state index contributed by atoms with van der Waals surface area (Å²) in [6.07, 6.45) is 10.7.